The van der Waals surface area contributed by atoms with Gasteiger partial charge in [0.15, 0.2) is 0 Å². The van der Waals surface area contributed by atoms with E-state index in [9.17, 15) is 4.79 Å². The van der Waals surface area contributed by atoms with Crippen molar-refractivity contribution in [1.82, 2.24) is 4.98 Å². The summed E-state index contributed by atoms with van der Waals surface area (Å²) in [5, 5.41) is 8.76. The van der Waals surface area contributed by atoms with E-state index in [4.69, 9.17) is 5.11 Å². The van der Waals surface area contributed by atoms with Crippen molar-refractivity contribution in [2.24, 2.45) is 4.99 Å². The Kier molecular flexibility index (Phi) is 2.26. The number of carbonyl (C=O) groups is 1. The van der Waals surface area contributed by atoms with Gasteiger partial charge < -0.3 is 5.11 Å². The molecule has 1 unspecified atom stereocenters. The highest BCUT2D eigenvalue weighted by atomic mass is 16.4. The van der Waals surface area contributed by atoms with Gasteiger partial charge in [-0.15, -0.1) is 0 Å². The molecule has 2 heterocycles. The third-order valence-corrected chi connectivity index (χ3v) is 2.26. The van der Waals surface area contributed by atoms with Gasteiger partial charge in [-0.3, -0.25) is 9.98 Å². The van der Waals surface area contributed by atoms with Gasteiger partial charge in [0.25, 0.3) is 0 Å². The van der Waals surface area contributed by atoms with Gasteiger partial charge in [-0.05, 0) is 30.5 Å². The average molecular weight is 190 g/mol. The summed E-state index contributed by atoms with van der Waals surface area (Å²) >= 11 is 0. The lowest BCUT2D eigenvalue weighted by atomic mass is 10.1. The molecule has 72 valence electrons. The van der Waals surface area contributed by atoms with Crippen LogP contribution in [0.4, 0.5) is 0 Å². The van der Waals surface area contributed by atoms with Crippen molar-refractivity contribution in [3.63, 3.8) is 0 Å². The molecule has 0 amide bonds. The summed E-state index contributed by atoms with van der Waals surface area (Å²) in [5.74, 6) is -0.839. The molecular weight excluding hydrogens is 180 g/mol. The number of carboxylic acids is 1. The number of rotatable bonds is 2. The standard InChI is InChI=1S/C10H10N2O2/c13-10(14)9-2-1-8(12-9)7-3-5-11-6-4-7/h3-6,9H,1-2H2,(H,13,14). The fraction of sp³-hybridized carbons (Fsp3) is 0.300. The van der Waals surface area contributed by atoms with Crippen molar-refractivity contribution in [3.05, 3.63) is 30.1 Å². The number of carboxylic acid groups (broad SMARTS) is 1. The van der Waals surface area contributed by atoms with E-state index in [2.05, 4.69) is 9.98 Å². The third kappa shape index (κ3) is 1.64. The first-order valence-electron chi connectivity index (χ1n) is 4.47. The Labute approximate surface area is 81.3 Å². The Hall–Kier alpha value is -1.71. The minimum Gasteiger partial charge on any atom is -0.480 e. The number of aliphatic imine (C=N–C) groups is 1. The largest absolute Gasteiger partial charge is 0.480 e. The topological polar surface area (TPSA) is 62.5 Å². The Bertz CT molecular complexity index is 373. The molecule has 14 heavy (non-hydrogen) atoms. The van der Waals surface area contributed by atoms with Crippen LogP contribution in [0.1, 0.15) is 18.4 Å². The molecule has 4 heteroatoms. The lowest BCUT2D eigenvalue weighted by Crippen LogP contribution is -2.13. The molecule has 4 nitrogen and oxygen atoms in total. The minimum atomic E-state index is -0.839. The molecule has 0 aliphatic carbocycles. The molecule has 0 radical (unpaired) electrons. The molecule has 1 aliphatic rings. The van der Waals surface area contributed by atoms with Crippen molar-refractivity contribution < 1.29 is 9.90 Å². The number of aromatic nitrogens is 1. The van der Waals surface area contributed by atoms with Crippen molar-refractivity contribution in [3.8, 4) is 0 Å². The summed E-state index contributed by atoms with van der Waals surface area (Å²) in [6.45, 7) is 0. The monoisotopic (exact) mass is 190 g/mol. The van der Waals surface area contributed by atoms with Crippen LogP contribution in [0.15, 0.2) is 29.5 Å². The van der Waals surface area contributed by atoms with Crippen LogP contribution in [0.5, 0.6) is 0 Å². The van der Waals surface area contributed by atoms with Crippen LogP contribution in [0, 0.1) is 0 Å². The Morgan fingerprint density at radius 1 is 1.43 bits per heavy atom. The van der Waals surface area contributed by atoms with Crippen molar-refractivity contribution in [2.75, 3.05) is 0 Å². The van der Waals surface area contributed by atoms with E-state index in [0.717, 1.165) is 17.7 Å². The predicted molar refractivity (Wildman–Crippen MR) is 51.4 cm³/mol. The maximum Gasteiger partial charge on any atom is 0.328 e. The van der Waals surface area contributed by atoms with Crippen LogP contribution < -0.4 is 0 Å². The van der Waals surface area contributed by atoms with Crippen molar-refractivity contribution in [1.29, 1.82) is 0 Å². The van der Waals surface area contributed by atoms with Crippen LogP contribution in [-0.2, 0) is 4.79 Å². The zero-order valence-corrected chi connectivity index (χ0v) is 7.55. The number of hydrogen-bond acceptors (Lipinski definition) is 3. The summed E-state index contributed by atoms with van der Waals surface area (Å²) in [6.07, 6.45) is 4.71. The Balaban J connectivity index is 2.22. The summed E-state index contributed by atoms with van der Waals surface area (Å²) in [5.41, 5.74) is 1.85. The predicted octanol–water partition coefficient (Wildman–Crippen LogP) is 1.12. The molecule has 0 saturated carbocycles. The van der Waals surface area contributed by atoms with Crippen LogP contribution >= 0.6 is 0 Å². The number of hydrogen-bond donors (Lipinski definition) is 1. The van der Waals surface area contributed by atoms with E-state index in [1.54, 1.807) is 12.4 Å². The van der Waals surface area contributed by atoms with E-state index >= 15 is 0 Å². The van der Waals surface area contributed by atoms with Crippen molar-refractivity contribution in [2.45, 2.75) is 18.9 Å². The summed E-state index contributed by atoms with van der Waals surface area (Å²) in [6, 6.07) is 3.14. The second kappa shape index (κ2) is 3.57. The molecular formula is C10H10N2O2. The van der Waals surface area contributed by atoms with Gasteiger partial charge in [0.2, 0.25) is 0 Å². The van der Waals surface area contributed by atoms with Gasteiger partial charge in [0.05, 0.1) is 0 Å². The summed E-state index contributed by atoms with van der Waals surface area (Å²) in [4.78, 5) is 18.7. The summed E-state index contributed by atoms with van der Waals surface area (Å²) in [7, 11) is 0. The molecule has 0 bridgehead atoms. The molecule has 1 aromatic rings. The normalized spacial score (nSPS) is 20.6. The first-order valence-corrected chi connectivity index (χ1v) is 4.47. The molecule has 1 aromatic heterocycles. The van der Waals surface area contributed by atoms with Crippen LogP contribution in [-0.4, -0.2) is 27.8 Å². The van der Waals surface area contributed by atoms with Crippen molar-refractivity contribution >= 4 is 11.7 Å². The lowest BCUT2D eigenvalue weighted by molar-refractivity contribution is -0.138. The van der Waals surface area contributed by atoms with E-state index in [1.807, 2.05) is 12.1 Å². The molecule has 0 spiro atoms. The van der Waals surface area contributed by atoms with E-state index < -0.39 is 12.0 Å². The summed E-state index contributed by atoms with van der Waals surface area (Å²) < 4.78 is 0. The van der Waals surface area contributed by atoms with Crippen LogP contribution in [0.3, 0.4) is 0 Å². The highest BCUT2D eigenvalue weighted by Gasteiger charge is 2.23. The van der Waals surface area contributed by atoms with Crippen LogP contribution in [0.25, 0.3) is 0 Å². The van der Waals surface area contributed by atoms with Gasteiger partial charge in [-0.1, -0.05) is 0 Å². The van der Waals surface area contributed by atoms with E-state index in [0.29, 0.717) is 6.42 Å². The highest BCUT2D eigenvalue weighted by molar-refractivity contribution is 6.03. The van der Waals surface area contributed by atoms with Gasteiger partial charge in [0, 0.05) is 18.1 Å². The molecule has 0 fully saturated rings. The van der Waals surface area contributed by atoms with Crippen LogP contribution in [0.2, 0.25) is 0 Å². The maximum absolute atomic E-state index is 10.7. The molecule has 1 atom stereocenters. The zero-order valence-electron chi connectivity index (χ0n) is 7.55. The van der Waals surface area contributed by atoms with E-state index in [1.165, 1.54) is 0 Å². The quantitative estimate of drug-likeness (QED) is 0.760. The highest BCUT2D eigenvalue weighted by Crippen LogP contribution is 2.18. The fourth-order valence-electron chi connectivity index (χ4n) is 1.53. The number of nitrogens with zero attached hydrogens (tertiary/aromatic N) is 2. The molecule has 1 aliphatic heterocycles. The van der Waals surface area contributed by atoms with Gasteiger partial charge in [-0.25, -0.2) is 4.79 Å². The van der Waals surface area contributed by atoms with E-state index in [-0.39, 0.29) is 0 Å². The lowest BCUT2D eigenvalue weighted by Gasteiger charge is -1.97. The van der Waals surface area contributed by atoms with Gasteiger partial charge in [-0.2, -0.15) is 0 Å². The minimum absolute atomic E-state index is 0.557. The third-order valence-electron chi connectivity index (χ3n) is 2.26. The zero-order chi connectivity index (χ0) is 9.97. The number of pyridine rings is 1. The Morgan fingerprint density at radius 2 is 2.14 bits per heavy atom. The first-order chi connectivity index (χ1) is 6.77. The smallest absolute Gasteiger partial charge is 0.328 e. The molecule has 2 rings (SSSR count). The second-order valence-electron chi connectivity index (χ2n) is 3.20. The second-order valence-corrected chi connectivity index (χ2v) is 3.20. The number of aliphatic carboxylic acids is 1. The van der Waals surface area contributed by atoms with Gasteiger partial charge >= 0.3 is 5.97 Å². The Morgan fingerprint density at radius 3 is 2.71 bits per heavy atom. The first kappa shape index (κ1) is 8.87. The average Bonchev–Trinajstić information content (AvgIpc) is 2.68. The fourth-order valence-corrected chi connectivity index (χ4v) is 1.53. The molecule has 0 saturated heterocycles. The molecule has 0 aromatic carbocycles. The SMILES string of the molecule is O=C(O)C1CCC(c2ccncc2)=N1. The van der Waals surface area contributed by atoms with Gasteiger partial charge in [0.1, 0.15) is 6.04 Å². The molecule has 1 N–H and O–H groups in total. The maximum atomic E-state index is 10.7.